The van der Waals surface area contributed by atoms with E-state index in [0.29, 0.717) is 0 Å². The fraction of sp³-hybridized carbons (Fsp3) is 0.267. The Morgan fingerprint density at radius 2 is 2.00 bits per heavy atom. The van der Waals surface area contributed by atoms with E-state index >= 15 is 0 Å². The third-order valence-electron chi connectivity index (χ3n) is 2.96. The lowest BCUT2D eigenvalue weighted by atomic mass is 10.0. The fourth-order valence-corrected chi connectivity index (χ4v) is 2.44. The van der Waals surface area contributed by atoms with Gasteiger partial charge in [-0.3, -0.25) is 10.2 Å². The van der Waals surface area contributed by atoms with E-state index in [1.165, 1.54) is 18.3 Å². The molecule has 0 spiro atoms. The Hall–Kier alpha value is -2.21. The molecule has 1 aromatic heterocycles. The zero-order valence-electron chi connectivity index (χ0n) is 12.5. The monoisotopic (exact) mass is 302 g/mol. The van der Waals surface area contributed by atoms with Crippen molar-refractivity contribution in [3.8, 4) is 0 Å². The first kappa shape index (κ1) is 15.2. The molecule has 2 aromatic rings. The van der Waals surface area contributed by atoms with Gasteiger partial charge in [-0.1, -0.05) is 0 Å². The van der Waals surface area contributed by atoms with Crippen molar-refractivity contribution in [1.82, 2.24) is 4.98 Å². The number of aromatic nitrogens is 1. The van der Waals surface area contributed by atoms with Crippen LogP contribution in [0.1, 0.15) is 29.3 Å². The Bertz CT molecular complexity index is 691. The number of amides is 1. The van der Waals surface area contributed by atoms with E-state index in [1.807, 2.05) is 38.3 Å². The lowest BCUT2D eigenvalue weighted by Crippen LogP contribution is -2.09. The third kappa shape index (κ3) is 4.13. The Morgan fingerprint density at radius 1 is 1.29 bits per heavy atom. The number of hydrogen-bond donors (Lipinski definition) is 2. The van der Waals surface area contributed by atoms with E-state index in [9.17, 15) is 4.79 Å². The van der Waals surface area contributed by atoms with Crippen LogP contribution in [0.4, 0.5) is 10.8 Å². The van der Waals surface area contributed by atoms with Crippen molar-refractivity contribution in [3.05, 3.63) is 39.9 Å². The molecule has 6 heteroatoms. The van der Waals surface area contributed by atoms with Crippen molar-refractivity contribution in [2.75, 3.05) is 10.7 Å². The molecule has 0 saturated heterocycles. The van der Waals surface area contributed by atoms with Crippen LogP contribution in [0.5, 0.6) is 0 Å². The molecule has 0 aliphatic heterocycles. The second-order valence-electron chi connectivity index (χ2n) is 4.87. The average molecular weight is 302 g/mol. The highest BCUT2D eigenvalue weighted by atomic mass is 32.1. The number of thiazole rings is 1. The Balaban J connectivity index is 2.21. The molecule has 0 saturated carbocycles. The molecule has 0 radical (unpaired) electrons. The predicted molar refractivity (Wildman–Crippen MR) is 88.3 cm³/mol. The van der Waals surface area contributed by atoms with Gasteiger partial charge in [0.15, 0.2) is 0 Å². The number of nitrogens with one attached hydrogen (secondary N) is 2. The quantitative estimate of drug-likeness (QED) is 0.671. The molecule has 0 bridgehead atoms. The third-order valence-corrected chi connectivity index (χ3v) is 3.82. The number of anilines is 2. The van der Waals surface area contributed by atoms with Gasteiger partial charge in [0.05, 0.1) is 11.9 Å². The number of rotatable bonds is 4. The summed E-state index contributed by atoms with van der Waals surface area (Å²) in [5.74, 6) is -0.101. The second-order valence-corrected chi connectivity index (χ2v) is 5.73. The van der Waals surface area contributed by atoms with Crippen molar-refractivity contribution in [3.63, 3.8) is 0 Å². The molecule has 1 amide bonds. The van der Waals surface area contributed by atoms with Crippen molar-refractivity contribution < 1.29 is 4.79 Å². The van der Waals surface area contributed by atoms with Crippen LogP contribution in [-0.2, 0) is 4.79 Å². The molecule has 0 aliphatic rings. The minimum atomic E-state index is -0.101. The number of carbonyl (C=O) groups is 1. The smallest absolute Gasteiger partial charge is 0.221 e. The summed E-state index contributed by atoms with van der Waals surface area (Å²) in [6.07, 6.45) is 1.69. The first-order valence-electron chi connectivity index (χ1n) is 6.56. The molecule has 21 heavy (non-hydrogen) atoms. The van der Waals surface area contributed by atoms with Crippen LogP contribution < -0.4 is 10.7 Å². The Labute approximate surface area is 128 Å². The van der Waals surface area contributed by atoms with E-state index in [2.05, 4.69) is 20.8 Å². The number of benzene rings is 1. The van der Waals surface area contributed by atoms with Crippen molar-refractivity contribution >= 4 is 34.3 Å². The molecule has 0 aliphatic carbocycles. The summed E-state index contributed by atoms with van der Waals surface area (Å²) in [7, 11) is 0. The van der Waals surface area contributed by atoms with Gasteiger partial charge in [-0.05, 0) is 44.0 Å². The van der Waals surface area contributed by atoms with E-state index in [4.69, 9.17) is 0 Å². The van der Waals surface area contributed by atoms with E-state index in [1.54, 1.807) is 6.21 Å². The normalized spacial score (nSPS) is 10.9. The van der Waals surface area contributed by atoms with Crippen LogP contribution in [-0.4, -0.2) is 17.1 Å². The van der Waals surface area contributed by atoms with Crippen LogP contribution in [0.15, 0.2) is 22.6 Å². The van der Waals surface area contributed by atoms with Gasteiger partial charge >= 0.3 is 0 Å². The molecule has 5 nitrogen and oxygen atoms in total. The molecular formula is C15H18N4OS. The molecule has 0 fully saturated rings. The lowest BCUT2D eigenvalue weighted by molar-refractivity contribution is -0.114. The fourth-order valence-electron chi connectivity index (χ4n) is 1.81. The minimum absolute atomic E-state index is 0.101. The minimum Gasteiger partial charge on any atom is -0.326 e. The summed E-state index contributed by atoms with van der Waals surface area (Å²) in [4.78, 5) is 15.5. The van der Waals surface area contributed by atoms with Gasteiger partial charge in [0, 0.05) is 23.6 Å². The standard InChI is InChI=1S/C15H18N4OS/c1-9-5-13(14(6-10(9)2)18-12(4)20)7-16-19-15-17-11(3)8-21-15/h5-8H,1-4H3,(H,17,19)(H,18,20). The highest BCUT2D eigenvalue weighted by molar-refractivity contribution is 7.13. The maximum Gasteiger partial charge on any atom is 0.221 e. The van der Waals surface area contributed by atoms with Crippen LogP contribution >= 0.6 is 11.3 Å². The highest BCUT2D eigenvalue weighted by Gasteiger charge is 2.05. The number of nitrogens with zero attached hydrogens (tertiary/aromatic N) is 2. The van der Waals surface area contributed by atoms with Gasteiger partial charge in [0.25, 0.3) is 0 Å². The van der Waals surface area contributed by atoms with E-state index in [-0.39, 0.29) is 5.91 Å². The SMILES string of the molecule is CC(=O)Nc1cc(C)c(C)cc1C=NNc1nc(C)cs1. The summed E-state index contributed by atoms with van der Waals surface area (Å²) in [6, 6.07) is 3.95. The lowest BCUT2D eigenvalue weighted by Gasteiger charge is -2.10. The summed E-state index contributed by atoms with van der Waals surface area (Å²) < 4.78 is 0. The molecule has 2 rings (SSSR count). The second kappa shape index (κ2) is 6.49. The maximum absolute atomic E-state index is 11.3. The van der Waals surface area contributed by atoms with Gasteiger partial charge in [-0.2, -0.15) is 5.10 Å². The molecule has 0 atom stereocenters. The molecule has 2 N–H and O–H groups in total. The summed E-state index contributed by atoms with van der Waals surface area (Å²) in [5.41, 5.74) is 7.74. The molecule has 1 heterocycles. The van der Waals surface area contributed by atoms with E-state index < -0.39 is 0 Å². The van der Waals surface area contributed by atoms with Crippen LogP contribution in [0.2, 0.25) is 0 Å². The van der Waals surface area contributed by atoms with Gasteiger partial charge < -0.3 is 5.32 Å². The number of aryl methyl sites for hydroxylation is 3. The molecular weight excluding hydrogens is 284 g/mol. The number of hydrogen-bond acceptors (Lipinski definition) is 5. The zero-order valence-corrected chi connectivity index (χ0v) is 13.3. The topological polar surface area (TPSA) is 66.4 Å². The Kier molecular flexibility index (Phi) is 4.70. The summed E-state index contributed by atoms with van der Waals surface area (Å²) in [6.45, 7) is 7.47. The number of carbonyl (C=O) groups excluding carboxylic acids is 1. The first-order chi connectivity index (χ1) is 9.95. The van der Waals surface area contributed by atoms with Gasteiger partial charge in [0.1, 0.15) is 0 Å². The number of hydrazone groups is 1. The van der Waals surface area contributed by atoms with Crippen LogP contribution in [0.3, 0.4) is 0 Å². The predicted octanol–water partition coefficient (Wildman–Crippen LogP) is 3.47. The summed E-state index contributed by atoms with van der Waals surface area (Å²) in [5, 5.41) is 9.71. The van der Waals surface area contributed by atoms with Gasteiger partial charge in [-0.25, -0.2) is 4.98 Å². The van der Waals surface area contributed by atoms with Crippen LogP contribution in [0.25, 0.3) is 0 Å². The molecule has 0 unspecified atom stereocenters. The largest absolute Gasteiger partial charge is 0.326 e. The van der Waals surface area contributed by atoms with Gasteiger partial charge in [-0.15, -0.1) is 11.3 Å². The zero-order chi connectivity index (χ0) is 15.4. The van der Waals surface area contributed by atoms with E-state index in [0.717, 1.165) is 33.2 Å². The summed E-state index contributed by atoms with van der Waals surface area (Å²) >= 11 is 1.50. The van der Waals surface area contributed by atoms with Crippen molar-refractivity contribution in [2.24, 2.45) is 5.10 Å². The molecule has 110 valence electrons. The highest BCUT2D eigenvalue weighted by Crippen LogP contribution is 2.20. The van der Waals surface area contributed by atoms with Crippen molar-refractivity contribution in [2.45, 2.75) is 27.7 Å². The van der Waals surface area contributed by atoms with Crippen LogP contribution in [0, 0.1) is 20.8 Å². The maximum atomic E-state index is 11.3. The van der Waals surface area contributed by atoms with Gasteiger partial charge in [0.2, 0.25) is 11.0 Å². The average Bonchev–Trinajstić information content (AvgIpc) is 2.80. The first-order valence-corrected chi connectivity index (χ1v) is 7.43. The Morgan fingerprint density at radius 3 is 2.62 bits per heavy atom. The van der Waals surface area contributed by atoms with Crippen molar-refractivity contribution in [1.29, 1.82) is 0 Å². The molecule has 1 aromatic carbocycles.